The molecule has 1 fully saturated rings. The zero-order valence-corrected chi connectivity index (χ0v) is 12.1. The molecule has 1 aliphatic heterocycles. The Balaban J connectivity index is 1.69. The van der Waals surface area contributed by atoms with E-state index in [0.717, 1.165) is 26.2 Å². The minimum absolute atomic E-state index is 0.0916. The van der Waals surface area contributed by atoms with E-state index >= 15 is 0 Å². The average Bonchev–Trinajstić information content (AvgIpc) is 2.98. The van der Waals surface area contributed by atoms with Crippen LogP contribution in [0.5, 0.6) is 0 Å². The second-order valence-electron chi connectivity index (χ2n) is 5.28. The molecule has 0 amide bonds. The number of aromatic nitrogens is 2. The molecule has 2 aromatic rings. The van der Waals surface area contributed by atoms with Gasteiger partial charge in [-0.25, -0.2) is 4.39 Å². The maximum atomic E-state index is 13.6. The van der Waals surface area contributed by atoms with Crippen LogP contribution >= 0.6 is 0 Å². The van der Waals surface area contributed by atoms with Gasteiger partial charge in [0.25, 0.3) is 0 Å². The highest BCUT2D eigenvalue weighted by atomic mass is 19.1. The van der Waals surface area contributed by atoms with Crippen LogP contribution in [0.1, 0.15) is 30.2 Å². The molecular formula is C15H19FN4O. The number of hydrogen-bond donors (Lipinski definition) is 1. The third-order valence-corrected chi connectivity index (χ3v) is 3.85. The lowest BCUT2D eigenvalue weighted by molar-refractivity contribution is 0.154. The molecule has 0 spiro atoms. The maximum absolute atomic E-state index is 13.6. The van der Waals surface area contributed by atoms with E-state index in [1.807, 2.05) is 6.07 Å². The van der Waals surface area contributed by atoms with Crippen molar-refractivity contribution in [3.05, 3.63) is 47.4 Å². The first kappa shape index (κ1) is 14.2. The summed E-state index contributed by atoms with van der Waals surface area (Å²) in [5.74, 6) is 0.888. The Bertz CT molecular complexity index is 595. The summed E-state index contributed by atoms with van der Waals surface area (Å²) < 4.78 is 19.0. The van der Waals surface area contributed by atoms with Gasteiger partial charge < -0.3 is 9.84 Å². The van der Waals surface area contributed by atoms with Crippen LogP contribution in [0.15, 0.2) is 28.8 Å². The molecule has 0 aliphatic carbocycles. The lowest BCUT2D eigenvalue weighted by Crippen LogP contribution is -2.44. The Morgan fingerprint density at radius 2 is 2.10 bits per heavy atom. The van der Waals surface area contributed by atoms with E-state index in [1.54, 1.807) is 12.1 Å². The third-order valence-electron chi connectivity index (χ3n) is 3.85. The molecule has 6 heteroatoms. The Morgan fingerprint density at radius 1 is 1.33 bits per heavy atom. The van der Waals surface area contributed by atoms with Crippen molar-refractivity contribution in [2.24, 2.45) is 0 Å². The van der Waals surface area contributed by atoms with E-state index in [1.165, 1.54) is 6.07 Å². The smallest absolute Gasteiger partial charge is 0.243 e. The third kappa shape index (κ3) is 3.28. The summed E-state index contributed by atoms with van der Waals surface area (Å²) in [5, 5.41) is 7.29. The summed E-state index contributed by atoms with van der Waals surface area (Å²) in [7, 11) is 0. The number of nitrogens with one attached hydrogen (secondary N) is 1. The van der Waals surface area contributed by atoms with Crippen LogP contribution in [0.4, 0.5) is 4.39 Å². The first-order valence-corrected chi connectivity index (χ1v) is 7.24. The number of hydrogen-bond acceptors (Lipinski definition) is 5. The van der Waals surface area contributed by atoms with E-state index in [4.69, 9.17) is 4.52 Å². The Morgan fingerprint density at radius 3 is 2.86 bits per heavy atom. The minimum atomic E-state index is -0.237. The Hall–Kier alpha value is -1.79. The number of rotatable bonds is 4. The fourth-order valence-electron chi connectivity index (χ4n) is 2.55. The molecule has 0 bridgehead atoms. The molecule has 1 atom stereocenters. The SMILES string of the molecule is CC(c1nc(Cc2ccccc2F)no1)N1CCNCC1. The predicted molar refractivity (Wildman–Crippen MR) is 76.4 cm³/mol. The molecule has 1 unspecified atom stereocenters. The fraction of sp³-hybridized carbons (Fsp3) is 0.467. The monoisotopic (exact) mass is 290 g/mol. The molecule has 112 valence electrons. The number of halogens is 1. The topological polar surface area (TPSA) is 54.2 Å². The Labute approximate surface area is 123 Å². The first-order valence-electron chi connectivity index (χ1n) is 7.24. The highest BCUT2D eigenvalue weighted by molar-refractivity contribution is 5.20. The van der Waals surface area contributed by atoms with E-state index in [2.05, 4.69) is 27.3 Å². The van der Waals surface area contributed by atoms with Crippen molar-refractivity contribution in [2.45, 2.75) is 19.4 Å². The molecule has 0 saturated carbocycles. The van der Waals surface area contributed by atoms with Crippen LogP contribution < -0.4 is 5.32 Å². The minimum Gasteiger partial charge on any atom is -0.338 e. The molecule has 1 aliphatic rings. The van der Waals surface area contributed by atoms with Crippen molar-refractivity contribution in [1.82, 2.24) is 20.4 Å². The van der Waals surface area contributed by atoms with Gasteiger partial charge in [0.2, 0.25) is 5.89 Å². The van der Waals surface area contributed by atoms with Gasteiger partial charge in [0, 0.05) is 32.6 Å². The molecule has 21 heavy (non-hydrogen) atoms. The second kappa shape index (κ2) is 6.32. The molecule has 3 rings (SSSR count). The molecule has 0 radical (unpaired) electrons. The highest BCUT2D eigenvalue weighted by Crippen LogP contribution is 2.19. The molecule has 2 heterocycles. The fourth-order valence-corrected chi connectivity index (χ4v) is 2.55. The summed E-state index contributed by atoms with van der Waals surface area (Å²) in [6.45, 7) is 5.94. The van der Waals surface area contributed by atoms with Crippen molar-refractivity contribution >= 4 is 0 Å². The van der Waals surface area contributed by atoms with Gasteiger partial charge in [-0.2, -0.15) is 4.98 Å². The zero-order valence-electron chi connectivity index (χ0n) is 12.1. The summed E-state index contributed by atoms with van der Waals surface area (Å²) in [5.41, 5.74) is 0.583. The van der Waals surface area contributed by atoms with Crippen LogP contribution in [-0.2, 0) is 6.42 Å². The quantitative estimate of drug-likeness (QED) is 0.930. The number of nitrogens with zero attached hydrogens (tertiary/aromatic N) is 3. The van der Waals surface area contributed by atoms with E-state index in [9.17, 15) is 4.39 Å². The standard InChI is InChI=1S/C15H19FN4O/c1-11(20-8-6-17-7-9-20)15-18-14(19-21-15)10-12-4-2-3-5-13(12)16/h2-5,11,17H,6-10H2,1H3. The van der Waals surface area contributed by atoms with Crippen molar-refractivity contribution in [2.75, 3.05) is 26.2 Å². The highest BCUT2D eigenvalue weighted by Gasteiger charge is 2.23. The van der Waals surface area contributed by atoms with Gasteiger partial charge in [0.1, 0.15) is 5.82 Å². The molecule has 1 aromatic heterocycles. The van der Waals surface area contributed by atoms with Gasteiger partial charge in [0.05, 0.1) is 6.04 Å². The van der Waals surface area contributed by atoms with Crippen molar-refractivity contribution in [1.29, 1.82) is 0 Å². The van der Waals surface area contributed by atoms with Crippen LogP contribution in [0.2, 0.25) is 0 Å². The lowest BCUT2D eigenvalue weighted by Gasteiger charge is -2.30. The van der Waals surface area contributed by atoms with Crippen molar-refractivity contribution in [3.63, 3.8) is 0 Å². The first-order chi connectivity index (χ1) is 10.2. The van der Waals surface area contributed by atoms with Crippen molar-refractivity contribution in [3.8, 4) is 0 Å². The maximum Gasteiger partial charge on any atom is 0.243 e. The number of benzene rings is 1. The summed E-state index contributed by atoms with van der Waals surface area (Å²) in [6, 6.07) is 6.76. The lowest BCUT2D eigenvalue weighted by atomic mass is 10.1. The molecule has 5 nitrogen and oxygen atoms in total. The average molecular weight is 290 g/mol. The Kier molecular flexibility index (Phi) is 4.26. The normalized spacial score (nSPS) is 17.8. The van der Waals surface area contributed by atoms with E-state index < -0.39 is 0 Å². The summed E-state index contributed by atoms with van der Waals surface area (Å²) in [6.07, 6.45) is 0.352. The molecule has 1 saturated heterocycles. The van der Waals surface area contributed by atoms with Crippen LogP contribution in [0, 0.1) is 5.82 Å². The van der Waals surface area contributed by atoms with Crippen LogP contribution in [0.25, 0.3) is 0 Å². The summed E-state index contributed by atoms with van der Waals surface area (Å²) >= 11 is 0. The van der Waals surface area contributed by atoms with Gasteiger partial charge in [0.15, 0.2) is 5.82 Å². The zero-order chi connectivity index (χ0) is 14.7. The second-order valence-corrected chi connectivity index (χ2v) is 5.28. The van der Waals surface area contributed by atoms with Crippen LogP contribution in [0.3, 0.4) is 0 Å². The van der Waals surface area contributed by atoms with Crippen molar-refractivity contribution < 1.29 is 8.91 Å². The van der Waals surface area contributed by atoms with Gasteiger partial charge in [-0.1, -0.05) is 23.4 Å². The van der Waals surface area contributed by atoms with E-state index in [0.29, 0.717) is 23.7 Å². The van der Waals surface area contributed by atoms with Gasteiger partial charge in [-0.3, -0.25) is 4.90 Å². The predicted octanol–water partition coefficient (Wildman–Crippen LogP) is 1.77. The summed E-state index contributed by atoms with van der Waals surface area (Å²) in [4.78, 5) is 6.72. The molecule has 1 N–H and O–H groups in total. The van der Waals surface area contributed by atoms with Crippen LogP contribution in [-0.4, -0.2) is 41.2 Å². The molecular weight excluding hydrogens is 271 g/mol. The number of piperazine rings is 1. The van der Waals surface area contributed by atoms with Gasteiger partial charge in [-0.05, 0) is 18.6 Å². The largest absolute Gasteiger partial charge is 0.338 e. The van der Waals surface area contributed by atoms with Gasteiger partial charge >= 0.3 is 0 Å². The molecule has 1 aromatic carbocycles. The van der Waals surface area contributed by atoms with Gasteiger partial charge in [-0.15, -0.1) is 0 Å². The van der Waals surface area contributed by atoms with E-state index in [-0.39, 0.29) is 11.9 Å².